The number of piperidine rings is 5. The van der Waals surface area contributed by atoms with Gasteiger partial charge in [-0.05, 0) is 215 Å². The minimum atomic E-state index is -0.954. The van der Waals surface area contributed by atoms with E-state index in [1.54, 1.807) is 24.3 Å². The Balaban J connectivity index is 0.0000000851. The number of Topliss-reactive ketones (excluding diaryl/α,β-unsaturated/α-hetero) is 2. The first-order valence-corrected chi connectivity index (χ1v) is 39.3. The molecule has 0 aromatic heterocycles. The number of hydrogen-bond donors (Lipinski definition) is 8. The van der Waals surface area contributed by atoms with E-state index in [0.717, 1.165) is 119 Å². The van der Waals surface area contributed by atoms with Gasteiger partial charge in [0.05, 0.1) is 11.0 Å². The number of carbonyl (C=O) groups excluding carboxylic acids is 2. The molecule has 0 radical (unpaired) electrons. The maximum Gasteiger partial charge on any atom is 0.174 e. The highest BCUT2D eigenvalue weighted by Crippen LogP contribution is 2.69. The second kappa shape index (κ2) is 22.6. The Labute approximate surface area is 617 Å². The Morgan fingerprint density at radius 2 is 0.755 bits per heavy atom. The number of phenolic OH excluding ortho intramolecular Hbond substituents is 4. The monoisotopic (exact) mass is 1440 g/mol. The van der Waals surface area contributed by atoms with Crippen LogP contribution >= 0.6 is 0 Å². The quantitative estimate of drug-likeness (QED) is 0.0763. The van der Waals surface area contributed by atoms with Crippen LogP contribution in [0.3, 0.4) is 0 Å². The lowest BCUT2D eigenvalue weighted by molar-refractivity contribution is -0.185. The molecule has 4 unspecified atom stereocenters. The Morgan fingerprint density at radius 1 is 0.387 bits per heavy atom. The average molecular weight is 1440 g/mol. The smallest absolute Gasteiger partial charge is 0.174 e. The van der Waals surface area contributed by atoms with Crippen molar-refractivity contribution in [3.63, 3.8) is 0 Å². The summed E-state index contributed by atoms with van der Waals surface area (Å²) in [5.74, 6) is 5.97. The fourth-order valence-corrected chi connectivity index (χ4v) is 26.9. The molecule has 25 rings (SSSR count). The van der Waals surface area contributed by atoms with E-state index in [0.29, 0.717) is 96.5 Å². The van der Waals surface area contributed by atoms with Crippen LogP contribution in [0, 0.1) is 30.6 Å². The molecule has 10 heterocycles. The van der Waals surface area contributed by atoms with Crippen molar-refractivity contribution in [2.75, 3.05) is 68.0 Å². The zero-order chi connectivity index (χ0) is 72.7. The largest absolute Gasteiger partial charge is 0.504 e. The van der Waals surface area contributed by atoms with Gasteiger partial charge in [-0.15, -0.1) is 0 Å². The number of ether oxygens (including phenoxy) is 5. The minimum absolute atomic E-state index is 0.000278. The Morgan fingerprint density at radius 3 is 1.25 bits per heavy atom. The number of aliphatic hydroxyl groups is 4. The van der Waals surface area contributed by atoms with Crippen molar-refractivity contribution < 1.29 is 74.1 Å². The molecule has 5 aromatic rings. The molecule has 8 N–H and O–H groups in total. The predicted octanol–water partition coefficient (Wildman–Crippen LogP) is 6.57. The van der Waals surface area contributed by atoms with Gasteiger partial charge in [0, 0.05) is 110 Å². The van der Waals surface area contributed by atoms with E-state index in [1.807, 2.05) is 49.5 Å². The van der Waals surface area contributed by atoms with Crippen LogP contribution in [0.4, 0.5) is 0 Å². The number of hydrogen-bond acceptors (Lipinski definition) is 20. The van der Waals surface area contributed by atoms with Gasteiger partial charge in [-0.1, -0.05) is 72.9 Å². The molecule has 23 atom stereocenters. The molecular weight excluding hydrogens is 1340 g/mol. The van der Waals surface area contributed by atoms with Gasteiger partial charge in [-0.3, -0.25) is 9.59 Å². The SMILES string of the molecule is CN1CC[C@@]23c4c5ccc(O)c4O[C@@H]2C(O)C=C[C@@H]3C1C5.CN1CC[C@]23c4c5ccc(O)c4O[C@H]2C(=O)CC[C@@]3(O)[C@H]1C5.CN1CC[C@]23c4c5ccc(O)c4O[C@H]2C(=O)CC[C@H]3[C@H]1C5.CN1CC[C@]23c4c5ccc(O)c4O[C@H]2C(O)C=C[C@H]3[C@H]1C5.Cc1ccc2c3c1O[C@H]1C(O)C=C[C@H]4[C@@H](C2)N(C)CC[C@]314. The molecule has 20 heteroatoms. The number of rotatable bonds is 0. The summed E-state index contributed by atoms with van der Waals surface area (Å²) in [5, 5.41) is 83.9. The molecule has 0 amide bonds. The second-order valence-corrected chi connectivity index (χ2v) is 35.4. The van der Waals surface area contributed by atoms with Crippen molar-refractivity contribution in [2.24, 2.45) is 23.7 Å². The summed E-state index contributed by atoms with van der Waals surface area (Å²) in [5.41, 5.74) is 11.3. The Hall–Kier alpha value is -7.50. The first-order chi connectivity index (χ1) is 51.0. The number of ketones is 2. The number of benzene rings is 5. The molecule has 556 valence electrons. The van der Waals surface area contributed by atoms with Crippen molar-refractivity contribution in [3.8, 4) is 51.7 Å². The van der Waals surface area contributed by atoms with Gasteiger partial charge in [-0.25, -0.2) is 0 Å². The summed E-state index contributed by atoms with van der Waals surface area (Å²) < 4.78 is 30.5. The topological polar surface area (TPSA) is 258 Å². The third kappa shape index (κ3) is 8.16. The third-order valence-electron chi connectivity index (χ3n) is 31.6. The number of phenols is 4. The molecule has 7 fully saturated rings. The van der Waals surface area contributed by atoms with Crippen LogP contribution in [0.15, 0.2) is 97.1 Å². The van der Waals surface area contributed by atoms with E-state index in [4.69, 9.17) is 23.7 Å². The zero-order valence-electron chi connectivity index (χ0n) is 61.2. The predicted molar refractivity (Wildman–Crippen MR) is 391 cm³/mol. The van der Waals surface area contributed by atoms with Crippen LogP contribution in [0.5, 0.6) is 51.7 Å². The zero-order valence-corrected chi connectivity index (χ0v) is 61.2. The fraction of sp³-hybridized carbons (Fsp3) is 0.558. The molecule has 20 nitrogen and oxygen atoms in total. The van der Waals surface area contributed by atoms with Gasteiger partial charge in [-0.2, -0.15) is 0 Å². The van der Waals surface area contributed by atoms with Gasteiger partial charge in [0.15, 0.2) is 69.8 Å². The van der Waals surface area contributed by atoms with Crippen molar-refractivity contribution in [3.05, 3.63) is 158 Å². The standard InChI is InChI=1S/C18H21NO2.C17H19NO4.3C17H19NO3/c1-10-3-4-11-9-13-12-5-6-14(20)17-18(12,7-8-19(13)2)15(11)16(10)21-17;1-18-7-6-16-13-9-2-3-10(19)14(13)22-15(16)11(20)4-5-17(16,21)12(18)8-9;3*1-18-7-6-17-10-3-5-13(20)16(17)21-15-12(19)4-2-9(14(15)17)8-11(10)18/h3-6,12-14,17,20H,7-9H2,1-2H3;2-3,12,15,19,21H,4-8H2,1H3;2,4,10-11,16,19H,3,5-8H2,1H3;2*2-5,10-11,13,16,19-20H,6-8H2,1H3/t12-,13+,14?,17-,18-;12-,15+,16+,17-;10-,11+,16-,17-;10-,11?,13?,16-,17-;10-,11+,13?,16-,17-/m01010/s1. The Kier molecular flexibility index (Phi) is 14.2. The van der Waals surface area contributed by atoms with Crippen molar-refractivity contribution >= 4 is 11.6 Å². The molecule has 5 spiro atoms. The van der Waals surface area contributed by atoms with Crippen LogP contribution < -0.4 is 23.7 Å². The van der Waals surface area contributed by atoms with Gasteiger partial charge >= 0.3 is 0 Å². The van der Waals surface area contributed by atoms with E-state index in [9.17, 15) is 50.4 Å². The van der Waals surface area contributed by atoms with Crippen LogP contribution in [0.25, 0.3) is 0 Å². The van der Waals surface area contributed by atoms with Crippen LogP contribution in [0.1, 0.15) is 119 Å². The third-order valence-corrected chi connectivity index (χ3v) is 31.6. The second-order valence-electron chi connectivity index (χ2n) is 35.4. The van der Waals surface area contributed by atoms with Gasteiger partial charge < -0.3 is 89.0 Å². The highest BCUT2D eigenvalue weighted by molar-refractivity contribution is 5.91. The molecule has 10 aliphatic carbocycles. The molecule has 5 saturated heterocycles. The molecule has 106 heavy (non-hydrogen) atoms. The van der Waals surface area contributed by atoms with Gasteiger partial charge in [0.25, 0.3) is 0 Å². The number of aliphatic hydroxyl groups excluding tert-OH is 3. The lowest BCUT2D eigenvalue weighted by atomic mass is 9.49. The highest BCUT2D eigenvalue weighted by Gasteiger charge is 2.74. The lowest BCUT2D eigenvalue weighted by Gasteiger charge is -2.61. The molecule has 5 aromatic carbocycles. The van der Waals surface area contributed by atoms with Crippen molar-refractivity contribution in [1.29, 1.82) is 0 Å². The normalized spacial score (nSPS) is 41.9. The Bertz CT molecular complexity index is 4450. The average Bonchev–Trinajstić information content (AvgIpc) is 1.45. The fourth-order valence-electron chi connectivity index (χ4n) is 26.9. The summed E-state index contributed by atoms with van der Waals surface area (Å²) >= 11 is 0. The summed E-state index contributed by atoms with van der Waals surface area (Å²) in [4.78, 5) is 37.0. The van der Waals surface area contributed by atoms with E-state index in [1.165, 1.54) is 44.5 Å². The van der Waals surface area contributed by atoms with Crippen molar-refractivity contribution in [2.45, 2.75) is 209 Å². The van der Waals surface area contributed by atoms with Crippen LogP contribution in [-0.2, 0) is 68.8 Å². The van der Waals surface area contributed by atoms with E-state index in [-0.39, 0.29) is 86.7 Å². The van der Waals surface area contributed by atoms with E-state index >= 15 is 0 Å². The van der Waals surface area contributed by atoms with Crippen LogP contribution in [0.2, 0.25) is 0 Å². The minimum Gasteiger partial charge on any atom is -0.504 e. The molecule has 2 saturated carbocycles. The van der Waals surface area contributed by atoms with E-state index < -0.39 is 35.4 Å². The maximum absolute atomic E-state index is 12.5. The van der Waals surface area contributed by atoms with Gasteiger partial charge in [0.1, 0.15) is 42.4 Å². The summed E-state index contributed by atoms with van der Waals surface area (Å²) in [7, 11) is 10.9. The number of likely N-dealkylation sites (tertiary alicyclic amines) is 5. The lowest BCUT2D eigenvalue weighted by Crippen LogP contribution is -2.76. The molecule has 10 aliphatic heterocycles. The maximum atomic E-state index is 12.5. The first kappa shape index (κ1) is 66.7. The van der Waals surface area contributed by atoms with Gasteiger partial charge in [0.2, 0.25) is 0 Å². The van der Waals surface area contributed by atoms with E-state index in [2.05, 4.69) is 90.0 Å². The first-order valence-electron chi connectivity index (χ1n) is 39.3. The molecular formula is C86H97N5O15. The summed E-state index contributed by atoms with van der Waals surface area (Å²) in [6.07, 6.45) is 21.0. The molecule has 10 bridgehead atoms. The number of nitrogens with zero attached hydrogens (tertiary/aromatic N) is 5. The van der Waals surface area contributed by atoms with Crippen LogP contribution in [-0.4, -0.2) is 230 Å². The summed E-state index contributed by atoms with van der Waals surface area (Å²) in [6, 6.07) is 21.3. The number of likely N-dealkylation sites (N-methyl/N-ethyl adjacent to an activating group) is 5. The molecule has 20 aliphatic rings. The number of aryl methyl sites for hydroxylation is 1. The van der Waals surface area contributed by atoms with Crippen molar-refractivity contribution in [1.82, 2.24) is 24.5 Å². The number of carbonyl (C=O) groups is 2. The highest BCUT2D eigenvalue weighted by atomic mass is 16.5. The number of aromatic hydroxyl groups is 4. The summed E-state index contributed by atoms with van der Waals surface area (Å²) in [6.45, 7) is 7.07.